The summed E-state index contributed by atoms with van der Waals surface area (Å²) in [6.45, 7) is 2.82. The van der Waals surface area contributed by atoms with Crippen molar-refractivity contribution < 1.29 is 9.84 Å². The Balaban J connectivity index is 2.08. The van der Waals surface area contributed by atoms with Crippen molar-refractivity contribution in [3.05, 3.63) is 38.8 Å². The number of phenols is 1. The van der Waals surface area contributed by atoms with E-state index in [-0.39, 0.29) is 11.8 Å². The third-order valence-corrected chi connectivity index (χ3v) is 4.51. The summed E-state index contributed by atoms with van der Waals surface area (Å²) in [5.41, 5.74) is 1.04. The maximum Gasteiger partial charge on any atom is 0.172 e. The van der Waals surface area contributed by atoms with Crippen molar-refractivity contribution in [3.8, 4) is 11.5 Å². The third-order valence-electron chi connectivity index (χ3n) is 3.02. The van der Waals surface area contributed by atoms with Gasteiger partial charge < -0.3 is 15.2 Å². The lowest BCUT2D eigenvalue weighted by Gasteiger charge is -2.15. The molecule has 0 fully saturated rings. The zero-order valence-corrected chi connectivity index (χ0v) is 13.8. The Morgan fingerprint density at radius 2 is 2.30 bits per heavy atom. The highest BCUT2D eigenvalue weighted by Gasteiger charge is 2.13. The van der Waals surface area contributed by atoms with Crippen LogP contribution in [-0.2, 0) is 6.54 Å². The summed E-state index contributed by atoms with van der Waals surface area (Å²) in [7, 11) is 1.54. The number of ether oxygens (including phenoxy) is 1. The molecule has 0 saturated heterocycles. The van der Waals surface area contributed by atoms with Crippen LogP contribution in [0.25, 0.3) is 0 Å². The molecule has 1 aromatic carbocycles. The molecule has 4 nitrogen and oxygen atoms in total. The molecule has 2 aromatic rings. The Morgan fingerprint density at radius 1 is 1.50 bits per heavy atom. The third kappa shape index (κ3) is 3.50. The molecule has 20 heavy (non-hydrogen) atoms. The second-order valence-corrected chi connectivity index (χ2v) is 6.12. The normalized spacial score (nSPS) is 12.3. The maximum absolute atomic E-state index is 9.80. The molecular formula is C14H17BrN2O2S. The van der Waals surface area contributed by atoms with Gasteiger partial charge in [0, 0.05) is 18.1 Å². The lowest BCUT2D eigenvalue weighted by molar-refractivity contribution is 0.371. The second-order valence-electron chi connectivity index (χ2n) is 4.34. The molecular weight excluding hydrogens is 340 g/mol. The topological polar surface area (TPSA) is 54.4 Å². The Bertz CT molecular complexity index is 561. The molecule has 1 unspecified atom stereocenters. The number of nitrogens with one attached hydrogen (secondary N) is 1. The summed E-state index contributed by atoms with van der Waals surface area (Å²) in [4.78, 5) is 4.35. The van der Waals surface area contributed by atoms with Gasteiger partial charge >= 0.3 is 0 Å². The molecule has 0 aliphatic heterocycles. The highest BCUT2D eigenvalue weighted by atomic mass is 79.9. The monoisotopic (exact) mass is 356 g/mol. The Morgan fingerprint density at radius 3 is 2.90 bits per heavy atom. The van der Waals surface area contributed by atoms with Crippen molar-refractivity contribution in [1.29, 1.82) is 0 Å². The van der Waals surface area contributed by atoms with E-state index in [4.69, 9.17) is 4.74 Å². The molecule has 108 valence electrons. The fraction of sp³-hybridized carbons (Fsp3) is 0.357. The smallest absolute Gasteiger partial charge is 0.172 e. The fourth-order valence-electron chi connectivity index (χ4n) is 1.94. The first kappa shape index (κ1) is 15.3. The Hall–Kier alpha value is -1.11. The van der Waals surface area contributed by atoms with Crippen LogP contribution in [-0.4, -0.2) is 17.2 Å². The number of nitrogens with zero attached hydrogens (tertiary/aromatic N) is 1. The standard InChI is InChI=1S/C14H17BrN2O2S/c1-3-11(14-16-4-5-20-14)17-8-9-6-10(15)13(18)12(7-9)19-2/h4-7,11,17-18H,3,8H2,1-2H3. The molecule has 0 aliphatic carbocycles. The molecule has 1 heterocycles. The van der Waals surface area contributed by atoms with Crippen LogP contribution in [0.2, 0.25) is 0 Å². The van der Waals surface area contributed by atoms with E-state index in [1.165, 1.54) is 0 Å². The number of rotatable bonds is 6. The van der Waals surface area contributed by atoms with Crippen molar-refractivity contribution >= 4 is 27.3 Å². The molecule has 0 amide bonds. The summed E-state index contributed by atoms with van der Waals surface area (Å²) in [5.74, 6) is 0.599. The molecule has 1 atom stereocenters. The molecule has 0 spiro atoms. The van der Waals surface area contributed by atoms with Crippen molar-refractivity contribution in [2.45, 2.75) is 25.9 Å². The van der Waals surface area contributed by atoms with Crippen LogP contribution in [0.4, 0.5) is 0 Å². The Kier molecular flexibility index (Phi) is 5.39. The van der Waals surface area contributed by atoms with Gasteiger partial charge in [-0.15, -0.1) is 11.3 Å². The van der Waals surface area contributed by atoms with Crippen molar-refractivity contribution in [2.75, 3.05) is 7.11 Å². The zero-order chi connectivity index (χ0) is 14.5. The van der Waals surface area contributed by atoms with Gasteiger partial charge in [-0.2, -0.15) is 0 Å². The number of aromatic hydroxyl groups is 1. The van der Waals surface area contributed by atoms with Crippen LogP contribution in [0, 0.1) is 0 Å². The summed E-state index contributed by atoms with van der Waals surface area (Å²) < 4.78 is 5.79. The number of hydrogen-bond donors (Lipinski definition) is 2. The van der Waals surface area contributed by atoms with E-state index in [1.54, 1.807) is 18.4 Å². The SMILES string of the molecule is CCC(NCc1cc(Br)c(O)c(OC)c1)c1nccs1. The minimum atomic E-state index is 0.128. The van der Waals surface area contributed by atoms with E-state index in [0.29, 0.717) is 16.8 Å². The van der Waals surface area contributed by atoms with Crippen LogP contribution in [0.5, 0.6) is 11.5 Å². The molecule has 0 bridgehead atoms. The molecule has 1 aromatic heterocycles. The minimum Gasteiger partial charge on any atom is -0.503 e. The highest BCUT2D eigenvalue weighted by Crippen LogP contribution is 2.35. The number of hydrogen-bond acceptors (Lipinski definition) is 5. The van der Waals surface area contributed by atoms with Gasteiger partial charge in [-0.3, -0.25) is 0 Å². The molecule has 0 aliphatic rings. The number of phenolic OH excluding ortho intramolecular Hbond substituents is 1. The highest BCUT2D eigenvalue weighted by molar-refractivity contribution is 9.10. The molecule has 2 N–H and O–H groups in total. The molecule has 2 rings (SSSR count). The van der Waals surface area contributed by atoms with Crippen molar-refractivity contribution in [1.82, 2.24) is 10.3 Å². The zero-order valence-electron chi connectivity index (χ0n) is 11.4. The first-order chi connectivity index (χ1) is 9.65. The van der Waals surface area contributed by atoms with Gasteiger partial charge in [-0.25, -0.2) is 4.98 Å². The van der Waals surface area contributed by atoms with Crippen LogP contribution in [0.3, 0.4) is 0 Å². The number of methoxy groups -OCH3 is 1. The average molecular weight is 357 g/mol. The first-order valence-corrected chi connectivity index (χ1v) is 8.01. The lowest BCUT2D eigenvalue weighted by atomic mass is 10.1. The van der Waals surface area contributed by atoms with Crippen LogP contribution >= 0.6 is 27.3 Å². The van der Waals surface area contributed by atoms with Gasteiger partial charge in [0.05, 0.1) is 17.6 Å². The minimum absolute atomic E-state index is 0.128. The first-order valence-electron chi connectivity index (χ1n) is 6.33. The number of aromatic nitrogens is 1. The van der Waals surface area contributed by atoms with Crippen LogP contribution in [0.15, 0.2) is 28.2 Å². The van der Waals surface area contributed by atoms with Crippen molar-refractivity contribution in [3.63, 3.8) is 0 Å². The lowest BCUT2D eigenvalue weighted by Crippen LogP contribution is -2.20. The van der Waals surface area contributed by atoms with Gasteiger partial charge in [0.1, 0.15) is 5.01 Å². The molecule has 0 radical (unpaired) electrons. The van der Waals surface area contributed by atoms with Crippen molar-refractivity contribution in [2.24, 2.45) is 0 Å². The van der Waals surface area contributed by atoms with Gasteiger partial charge in [0.15, 0.2) is 11.5 Å². The Labute approximate surface area is 130 Å². The van der Waals surface area contributed by atoms with Gasteiger partial charge in [-0.1, -0.05) is 6.92 Å². The van der Waals surface area contributed by atoms with Crippen LogP contribution < -0.4 is 10.1 Å². The maximum atomic E-state index is 9.80. The largest absolute Gasteiger partial charge is 0.503 e. The quantitative estimate of drug-likeness (QED) is 0.824. The van der Waals surface area contributed by atoms with Gasteiger partial charge in [-0.05, 0) is 40.0 Å². The van der Waals surface area contributed by atoms with E-state index in [9.17, 15) is 5.11 Å². The number of thiazole rings is 1. The van der Waals surface area contributed by atoms with E-state index in [1.807, 2.05) is 23.7 Å². The predicted molar refractivity (Wildman–Crippen MR) is 84.3 cm³/mol. The predicted octanol–water partition coefficient (Wildman–Crippen LogP) is 3.86. The molecule has 6 heteroatoms. The summed E-state index contributed by atoms with van der Waals surface area (Å²) in [6.07, 6.45) is 2.80. The van der Waals surface area contributed by atoms with Crippen LogP contribution in [0.1, 0.15) is 30.0 Å². The van der Waals surface area contributed by atoms with E-state index in [2.05, 4.69) is 33.2 Å². The summed E-state index contributed by atoms with van der Waals surface area (Å²) in [5, 5.41) is 16.4. The fourth-order valence-corrected chi connectivity index (χ4v) is 3.23. The van der Waals surface area contributed by atoms with E-state index < -0.39 is 0 Å². The number of halogens is 1. The summed E-state index contributed by atoms with van der Waals surface area (Å²) >= 11 is 4.99. The second kappa shape index (κ2) is 7.06. The average Bonchev–Trinajstić information content (AvgIpc) is 2.97. The van der Waals surface area contributed by atoms with E-state index in [0.717, 1.165) is 17.0 Å². The summed E-state index contributed by atoms with van der Waals surface area (Å²) in [6, 6.07) is 3.97. The van der Waals surface area contributed by atoms with Gasteiger partial charge in [0.2, 0.25) is 0 Å². The van der Waals surface area contributed by atoms with E-state index >= 15 is 0 Å². The van der Waals surface area contributed by atoms with Gasteiger partial charge in [0.25, 0.3) is 0 Å². The molecule has 0 saturated carbocycles. The number of benzene rings is 1.